The zero-order valence-corrected chi connectivity index (χ0v) is 13.0. The van der Waals surface area contributed by atoms with Gasteiger partial charge in [0.05, 0.1) is 6.54 Å². The minimum Gasteiger partial charge on any atom is -0.465 e. The molecule has 3 rings (SSSR count). The maximum Gasteiger partial charge on any atom is 0.273 e. The summed E-state index contributed by atoms with van der Waals surface area (Å²) >= 11 is 1.48. The van der Waals surface area contributed by atoms with Crippen LogP contribution in [0.4, 0.5) is 0 Å². The van der Waals surface area contributed by atoms with Crippen molar-refractivity contribution in [3.63, 3.8) is 0 Å². The number of amides is 1. The molecule has 1 aromatic heterocycles. The fourth-order valence-electron chi connectivity index (χ4n) is 2.64. The van der Waals surface area contributed by atoms with E-state index in [0.717, 1.165) is 24.1 Å². The Hall–Kier alpha value is -1.88. The molecule has 1 fully saturated rings. The lowest BCUT2D eigenvalue weighted by molar-refractivity contribution is 0.0771. The van der Waals surface area contributed by atoms with Gasteiger partial charge in [-0.25, -0.2) is 4.98 Å². The average Bonchev–Trinajstić information content (AvgIpc) is 3.10. The lowest BCUT2D eigenvalue weighted by atomic mass is 10.0. The molecule has 2 heterocycles. The Balaban J connectivity index is 1.66. The van der Waals surface area contributed by atoms with Gasteiger partial charge in [-0.2, -0.15) is 0 Å². The second-order valence-corrected chi connectivity index (χ2v) is 6.25. The average molecular weight is 302 g/mol. The summed E-state index contributed by atoms with van der Waals surface area (Å²) in [4.78, 5) is 18.6. The summed E-state index contributed by atoms with van der Waals surface area (Å²) in [6, 6.07) is 5.95. The van der Waals surface area contributed by atoms with Gasteiger partial charge < -0.3 is 9.64 Å². The van der Waals surface area contributed by atoms with Crippen molar-refractivity contribution in [1.29, 1.82) is 0 Å². The molecule has 5 heteroatoms. The molecule has 1 atom stereocenters. The maximum atomic E-state index is 12.6. The highest BCUT2D eigenvalue weighted by molar-refractivity contribution is 7.11. The Bertz CT molecular complexity index is 640. The van der Waals surface area contributed by atoms with Crippen LogP contribution in [0.3, 0.4) is 0 Å². The summed E-state index contributed by atoms with van der Waals surface area (Å²) in [5.74, 6) is 0.0951. The molecule has 4 nitrogen and oxygen atoms in total. The first-order valence-corrected chi connectivity index (χ1v) is 7.94. The van der Waals surface area contributed by atoms with E-state index in [2.05, 4.69) is 4.98 Å². The van der Waals surface area contributed by atoms with Crippen LogP contribution in [-0.2, 0) is 0 Å². The Morgan fingerprint density at radius 2 is 2.29 bits per heavy atom. The Morgan fingerprint density at radius 3 is 3.00 bits per heavy atom. The molecular formula is C16H18N2O2S. The molecule has 1 aliphatic rings. The van der Waals surface area contributed by atoms with E-state index in [1.54, 1.807) is 6.20 Å². The number of nitrogens with zero attached hydrogens (tertiary/aromatic N) is 2. The number of hydrogen-bond acceptors (Lipinski definition) is 4. The summed E-state index contributed by atoms with van der Waals surface area (Å²) < 4.78 is 5.79. The molecule has 0 N–H and O–H groups in total. The molecule has 1 amide bonds. The van der Waals surface area contributed by atoms with Crippen LogP contribution in [0.2, 0.25) is 0 Å². The zero-order chi connectivity index (χ0) is 14.8. The molecule has 21 heavy (non-hydrogen) atoms. The number of hydrogen-bond donors (Lipinski definition) is 0. The summed E-state index contributed by atoms with van der Waals surface area (Å²) in [6.07, 6.45) is 2.63. The van der Waals surface area contributed by atoms with Gasteiger partial charge in [0.2, 0.25) is 0 Å². The van der Waals surface area contributed by atoms with Crippen molar-refractivity contribution < 1.29 is 9.53 Å². The van der Waals surface area contributed by atoms with E-state index in [0.29, 0.717) is 11.7 Å². The van der Waals surface area contributed by atoms with Crippen molar-refractivity contribution in [2.45, 2.75) is 26.4 Å². The molecular weight excluding hydrogens is 284 g/mol. The molecule has 0 saturated carbocycles. The van der Waals surface area contributed by atoms with Crippen LogP contribution in [0.5, 0.6) is 5.19 Å². The Morgan fingerprint density at radius 1 is 1.43 bits per heavy atom. The first kappa shape index (κ1) is 14.1. The van der Waals surface area contributed by atoms with Gasteiger partial charge in [0.25, 0.3) is 11.1 Å². The van der Waals surface area contributed by atoms with Gasteiger partial charge in [0, 0.05) is 30.1 Å². The highest BCUT2D eigenvalue weighted by Crippen LogP contribution is 2.22. The molecule has 1 saturated heterocycles. The number of likely N-dealkylation sites (tertiary alicyclic amines) is 1. The molecule has 1 unspecified atom stereocenters. The second-order valence-electron chi connectivity index (χ2n) is 5.40. The van der Waals surface area contributed by atoms with E-state index in [4.69, 9.17) is 4.74 Å². The minimum atomic E-state index is 0.0471. The number of aromatic nitrogens is 1. The number of carbonyl (C=O) groups excluding carboxylic acids is 1. The van der Waals surface area contributed by atoms with Gasteiger partial charge >= 0.3 is 0 Å². The Labute approximate surface area is 128 Å². The fourth-order valence-corrected chi connectivity index (χ4v) is 3.20. The van der Waals surface area contributed by atoms with Gasteiger partial charge in [-0.3, -0.25) is 4.79 Å². The predicted molar refractivity (Wildman–Crippen MR) is 83.0 cm³/mol. The largest absolute Gasteiger partial charge is 0.465 e. The van der Waals surface area contributed by atoms with Crippen molar-refractivity contribution in [3.05, 3.63) is 46.5 Å². The predicted octanol–water partition coefficient (Wildman–Crippen LogP) is 3.05. The van der Waals surface area contributed by atoms with Crippen molar-refractivity contribution in [2.75, 3.05) is 13.1 Å². The van der Waals surface area contributed by atoms with Crippen molar-refractivity contribution in [3.8, 4) is 5.19 Å². The fraction of sp³-hybridized carbons (Fsp3) is 0.375. The summed E-state index contributed by atoms with van der Waals surface area (Å²) in [5, 5.41) is 2.57. The molecule has 0 spiro atoms. The monoisotopic (exact) mass is 302 g/mol. The lowest BCUT2D eigenvalue weighted by Crippen LogP contribution is -2.31. The van der Waals surface area contributed by atoms with Gasteiger partial charge in [-0.05, 0) is 25.5 Å². The van der Waals surface area contributed by atoms with Gasteiger partial charge in [-0.1, -0.05) is 29.0 Å². The topological polar surface area (TPSA) is 42.4 Å². The van der Waals surface area contributed by atoms with E-state index in [-0.39, 0.29) is 12.0 Å². The first-order valence-electron chi connectivity index (χ1n) is 7.06. The van der Waals surface area contributed by atoms with Crippen LogP contribution in [0.1, 0.15) is 27.9 Å². The summed E-state index contributed by atoms with van der Waals surface area (Å²) in [7, 11) is 0. The molecule has 110 valence electrons. The van der Waals surface area contributed by atoms with Crippen LogP contribution < -0.4 is 4.74 Å². The number of benzene rings is 1. The SMILES string of the molecule is Cc1ccc(C(=O)N2CCC(Oc3nccs3)C2)c(C)c1. The van der Waals surface area contributed by atoms with Gasteiger partial charge in [0.1, 0.15) is 6.10 Å². The minimum absolute atomic E-state index is 0.0471. The molecule has 1 aliphatic heterocycles. The van der Waals surface area contributed by atoms with Crippen LogP contribution in [0.25, 0.3) is 0 Å². The molecule has 0 bridgehead atoms. The highest BCUT2D eigenvalue weighted by atomic mass is 32.1. The number of rotatable bonds is 3. The van der Waals surface area contributed by atoms with Gasteiger partial charge in [0.15, 0.2) is 0 Å². The second kappa shape index (κ2) is 5.85. The third kappa shape index (κ3) is 3.08. The van der Waals surface area contributed by atoms with E-state index >= 15 is 0 Å². The molecule has 1 aromatic carbocycles. The van der Waals surface area contributed by atoms with Crippen molar-refractivity contribution >= 4 is 17.2 Å². The van der Waals surface area contributed by atoms with E-state index in [9.17, 15) is 4.79 Å². The normalized spacial score (nSPS) is 18.0. The number of aryl methyl sites for hydroxylation is 2. The van der Waals surface area contributed by atoms with Crippen LogP contribution in [-0.4, -0.2) is 35.0 Å². The van der Waals surface area contributed by atoms with Crippen LogP contribution >= 0.6 is 11.3 Å². The molecule has 2 aromatic rings. The highest BCUT2D eigenvalue weighted by Gasteiger charge is 2.29. The first-order chi connectivity index (χ1) is 10.1. The third-order valence-electron chi connectivity index (χ3n) is 3.72. The maximum absolute atomic E-state index is 12.6. The molecule has 0 radical (unpaired) electrons. The number of carbonyl (C=O) groups is 1. The lowest BCUT2D eigenvalue weighted by Gasteiger charge is -2.18. The smallest absolute Gasteiger partial charge is 0.273 e. The number of thiazole rings is 1. The van der Waals surface area contributed by atoms with Gasteiger partial charge in [-0.15, -0.1) is 0 Å². The van der Waals surface area contributed by atoms with Crippen LogP contribution in [0.15, 0.2) is 29.8 Å². The number of ether oxygens (including phenoxy) is 1. The van der Waals surface area contributed by atoms with Crippen LogP contribution in [0, 0.1) is 13.8 Å². The van der Waals surface area contributed by atoms with E-state index < -0.39 is 0 Å². The standard InChI is InChI=1S/C16H18N2O2S/c1-11-3-4-14(12(2)9-11)15(19)18-7-5-13(10-18)20-16-17-6-8-21-16/h3-4,6,8-9,13H,5,7,10H2,1-2H3. The van der Waals surface area contributed by atoms with E-state index in [1.807, 2.05) is 42.3 Å². The summed E-state index contributed by atoms with van der Waals surface area (Å²) in [5.41, 5.74) is 3.00. The Kier molecular flexibility index (Phi) is 3.92. The quantitative estimate of drug-likeness (QED) is 0.875. The zero-order valence-electron chi connectivity index (χ0n) is 12.2. The molecule has 0 aliphatic carbocycles. The third-order valence-corrected chi connectivity index (χ3v) is 4.38. The van der Waals surface area contributed by atoms with Crippen molar-refractivity contribution in [1.82, 2.24) is 9.88 Å². The van der Waals surface area contributed by atoms with E-state index in [1.165, 1.54) is 16.9 Å². The van der Waals surface area contributed by atoms with Crippen molar-refractivity contribution in [2.24, 2.45) is 0 Å². The summed E-state index contributed by atoms with van der Waals surface area (Å²) in [6.45, 7) is 5.39.